The van der Waals surface area contributed by atoms with Crippen molar-refractivity contribution in [3.8, 4) is 28.3 Å². The largest absolute Gasteiger partial charge is 0.452 e. The molecular formula is C46H24N4OS. The third-order valence-corrected chi connectivity index (χ3v) is 12.2. The average Bonchev–Trinajstić information content (AvgIpc) is 3.93. The molecule has 0 radical (unpaired) electrons. The minimum Gasteiger partial charge on any atom is -0.452 e. The highest BCUT2D eigenvalue weighted by atomic mass is 32.1. The molecule has 0 saturated heterocycles. The summed E-state index contributed by atoms with van der Waals surface area (Å²) in [7, 11) is 0. The maximum atomic E-state index is 6.59. The van der Waals surface area contributed by atoms with Gasteiger partial charge in [0.15, 0.2) is 5.58 Å². The van der Waals surface area contributed by atoms with Crippen molar-refractivity contribution in [3.63, 3.8) is 0 Å². The topological polar surface area (TPSA) is 48.3 Å². The molecule has 0 fully saturated rings. The summed E-state index contributed by atoms with van der Waals surface area (Å²) in [5.41, 5.74) is 12.2. The van der Waals surface area contributed by atoms with Crippen LogP contribution in [0.25, 0.3) is 120 Å². The second-order valence-corrected chi connectivity index (χ2v) is 14.8. The molecule has 0 atom stereocenters. The van der Waals surface area contributed by atoms with E-state index in [1.54, 1.807) is 0 Å². The van der Waals surface area contributed by atoms with E-state index in [1.165, 1.54) is 58.3 Å². The van der Waals surface area contributed by atoms with E-state index in [9.17, 15) is 0 Å². The summed E-state index contributed by atoms with van der Waals surface area (Å²) in [5.74, 6) is 0.626. The number of furan rings is 1. The number of fused-ring (bicyclic) bond motifs is 7. The zero-order valence-corrected chi connectivity index (χ0v) is 28.3. The number of rotatable bonds is 3. The van der Waals surface area contributed by atoms with Gasteiger partial charge in [-0.1, -0.05) is 91.0 Å². The van der Waals surface area contributed by atoms with Crippen LogP contribution in [0.2, 0.25) is 0 Å². The third kappa shape index (κ3) is 3.29. The molecule has 6 aromatic heterocycles. The summed E-state index contributed by atoms with van der Waals surface area (Å²) in [6.45, 7) is 0. The Labute approximate surface area is 298 Å². The van der Waals surface area contributed by atoms with E-state index in [-0.39, 0.29) is 0 Å². The van der Waals surface area contributed by atoms with Crippen molar-refractivity contribution in [2.75, 3.05) is 0 Å². The smallest absolute Gasteiger partial charge is 0.236 e. The molecular weight excluding hydrogens is 657 g/mol. The van der Waals surface area contributed by atoms with Gasteiger partial charge in [0.05, 0.1) is 27.6 Å². The predicted octanol–water partition coefficient (Wildman–Crippen LogP) is 12.6. The van der Waals surface area contributed by atoms with Crippen LogP contribution in [0.3, 0.4) is 0 Å². The quantitative estimate of drug-likeness (QED) is 0.187. The third-order valence-electron chi connectivity index (χ3n) is 11.1. The van der Waals surface area contributed by atoms with Crippen LogP contribution >= 0.6 is 11.3 Å². The lowest BCUT2D eigenvalue weighted by Gasteiger charge is -2.11. The number of aromatic nitrogens is 4. The summed E-state index contributed by atoms with van der Waals surface area (Å²) in [6.07, 6.45) is 0. The molecule has 0 spiro atoms. The lowest BCUT2D eigenvalue weighted by atomic mass is 10.0. The Kier molecular flexibility index (Phi) is 4.94. The van der Waals surface area contributed by atoms with E-state index in [0.717, 1.165) is 49.9 Å². The lowest BCUT2D eigenvalue weighted by molar-refractivity contribution is 0.666. The monoisotopic (exact) mass is 680 g/mol. The van der Waals surface area contributed by atoms with E-state index in [1.807, 2.05) is 35.6 Å². The second-order valence-electron chi connectivity index (χ2n) is 13.7. The van der Waals surface area contributed by atoms with Crippen molar-refractivity contribution in [3.05, 3.63) is 146 Å². The van der Waals surface area contributed by atoms with Crippen LogP contribution < -0.4 is 0 Å². The molecule has 0 unspecified atom stereocenters. The molecule has 0 aliphatic heterocycles. The van der Waals surface area contributed by atoms with Gasteiger partial charge in [0, 0.05) is 52.7 Å². The molecule has 0 saturated carbocycles. The molecule has 13 rings (SSSR count). The molecule has 7 aromatic carbocycles. The molecule has 52 heavy (non-hydrogen) atoms. The minimum atomic E-state index is 0.626. The molecule has 0 aliphatic carbocycles. The van der Waals surface area contributed by atoms with Gasteiger partial charge in [-0.15, -0.1) is 11.3 Å². The molecule has 6 heterocycles. The Morgan fingerprint density at radius 1 is 0.481 bits per heavy atom. The fraction of sp³-hybridized carbons (Fsp3) is 0. The number of thiophene rings is 1. The van der Waals surface area contributed by atoms with Crippen molar-refractivity contribution in [2.24, 2.45) is 0 Å². The van der Waals surface area contributed by atoms with Crippen molar-refractivity contribution in [2.45, 2.75) is 0 Å². The highest BCUT2D eigenvalue weighted by molar-refractivity contribution is 7.26. The number of nitrogens with zero attached hydrogens (tertiary/aromatic N) is 4. The fourth-order valence-corrected chi connectivity index (χ4v) is 10.1. The summed E-state index contributed by atoms with van der Waals surface area (Å²) >= 11 is 1.87. The number of hydrogen-bond acceptors (Lipinski definition) is 4. The molecule has 5 nitrogen and oxygen atoms in total. The van der Waals surface area contributed by atoms with Crippen LogP contribution in [0.5, 0.6) is 0 Å². The molecule has 0 bridgehead atoms. The van der Waals surface area contributed by atoms with Crippen molar-refractivity contribution in [1.29, 1.82) is 0 Å². The first-order valence-corrected chi connectivity index (χ1v) is 18.3. The van der Waals surface area contributed by atoms with E-state index in [0.29, 0.717) is 11.5 Å². The maximum absolute atomic E-state index is 6.59. The van der Waals surface area contributed by atoms with Crippen molar-refractivity contribution < 1.29 is 4.42 Å². The molecule has 0 aliphatic rings. The predicted molar refractivity (Wildman–Crippen MR) is 216 cm³/mol. The summed E-state index contributed by atoms with van der Waals surface area (Å²) < 4.78 is 14.0. The Morgan fingerprint density at radius 3 is 2.15 bits per heavy atom. The van der Waals surface area contributed by atoms with Gasteiger partial charge < -0.3 is 8.82 Å². The van der Waals surface area contributed by atoms with Crippen LogP contribution in [0.1, 0.15) is 0 Å². The molecule has 0 N–H and O–H groups in total. The first-order valence-electron chi connectivity index (χ1n) is 17.5. The van der Waals surface area contributed by atoms with Gasteiger partial charge in [0.25, 0.3) is 0 Å². The normalized spacial score (nSPS) is 12.6. The van der Waals surface area contributed by atoms with Gasteiger partial charge >= 0.3 is 0 Å². The first-order chi connectivity index (χ1) is 25.8. The van der Waals surface area contributed by atoms with Gasteiger partial charge in [0.1, 0.15) is 16.8 Å². The molecule has 240 valence electrons. The van der Waals surface area contributed by atoms with Crippen molar-refractivity contribution >= 4 is 103 Å². The highest BCUT2D eigenvalue weighted by Crippen LogP contribution is 2.50. The zero-order valence-electron chi connectivity index (χ0n) is 27.5. The van der Waals surface area contributed by atoms with E-state index in [4.69, 9.17) is 14.4 Å². The maximum Gasteiger partial charge on any atom is 0.236 e. The van der Waals surface area contributed by atoms with Crippen LogP contribution in [0.15, 0.2) is 150 Å². The van der Waals surface area contributed by atoms with Gasteiger partial charge in [-0.3, -0.25) is 4.57 Å². The molecule has 6 heteroatoms. The summed E-state index contributed by atoms with van der Waals surface area (Å²) in [6, 6.07) is 51.9. The van der Waals surface area contributed by atoms with Crippen LogP contribution in [0, 0.1) is 0 Å². The first kappa shape index (κ1) is 27.0. The van der Waals surface area contributed by atoms with Gasteiger partial charge in [-0.2, -0.15) is 0 Å². The molecule has 13 aromatic rings. The Morgan fingerprint density at radius 2 is 1.21 bits per heavy atom. The zero-order chi connectivity index (χ0) is 33.7. The average molecular weight is 681 g/mol. The standard InChI is InChI=1S/C46H24N4OS/c1-2-10-25(11-3-1)26-12-8-13-27(24-26)42-45-43(30-15-5-7-18-35(30)51-45)48-46(47-42)50-33-22-23-37-41-38-32(17-9-19-36(38)52-37)49-31-16-6-4-14-28(31)29-20-21-34(50)40(39(33)41)44(29)49/h1-24H. The number of benzene rings is 7. The lowest BCUT2D eigenvalue weighted by Crippen LogP contribution is -2.03. The van der Waals surface area contributed by atoms with E-state index in [2.05, 4.69) is 130 Å². The fourth-order valence-electron chi connectivity index (χ4n) is 8.93. The highest BCUT2D eigenvalue weighted by Gasteiger charge is 2.27. The minimum absolute atomic E-state index is 0.626. The van der Waals surface area contributed by atoms with Gasteiger partial charge in [-0.05, 0) is 65.7 Å². The van der Waals surface area contributed by atoms with Gasteiger partial charge in [-0.25, -0.2) is 9.97 Å². The van der Waals surface area contributed by atoms with Crippen molar-refractivity contribution in [1.82, 2.24) is 18.9 Å². The SMILES string of the molecule is c1ccc(-c2cccc(-c3nc(-n4c5ccc6sc7cccc8c7c6c5c5c4ccc4c6ccccc6n8c45)nc4c3oc3ccccc34)c2)cc1. The Hall–Kier alpha value is -6.76. The number of para-hydroxylation sites is 2. The summed E-state index contributed by atoms with van der Waals surface area (Å²) in [4.78, 5) is 10.9. The number of hydrogen-bond donors (Lipinski definition) is 0. The molecule has 0 amide bonds. The van der Waals surface area contributed by atoms with Crippen LogP contribution in [-0.2, 0) is 0 Å². The Bertz CT molecular complexity index is 3580. The van der Waals surface area contributed by atoms with Gasteiger partial charge in [0.2, 0.25) is 5.95 Å². The second kappa shape index (κ2) is 9.51. The Balaban J connectivity index is 1.22. The summed E-state index contributed by atoms with van der Waals surface area (Å²) in [5, 5.41) is 8.59. The van der Waals surface area contributed by atoms with E-state index >= 15 is 0 Å². The van der Waals surface area contributed by atoms with Crippen LogP contribution in [-0.4, -0.2) is 18.9 Å². The van der Waals surface area contributed by atoms with E-state index < -0.39 is 0 Å². The van der Waals surface area contributed by atoms with Crippen LogP contribution in [0.4, 0.5) is 0 Å².